The van der Waals surface area contributed by atoms with Crippen molar-refractivity contribution in [2.75, 3.05) is 5.32 Å². The summed E-state index contributed by atoms with van der Waals surface area (Å²) >= 11 is 0. The van der Waals surface area contributed by atoms with E-state index in [1.807, 2.05) is 10.7 Å². The van der Waals surface area contributed by atoms with Crippen LogP contribution in [0.1, 0.15) is 58.9 Å². The van der Waals surface area contributed by atoms with Crippen LogP contribution in [0, 0.1) is 17.2 Å². The Kier molecular flexibility index (Phi) is 6.06. The van der Waals surface area contributed by atoms with E-state index in [-0.39, 0.29) is 22.4 Å². The molecule has 2 atom stereocenters. The molecule has 1 saturated carbocycles. The van der Waals surface area contributed by atoms with Gasteiger partial charge in [0.2, 0.25) is 0 Å². The van der Waals surface area contributed by atoms with Crippen LogP contribution >= 0.6 is 0 Å². The van der Waals surface area contributed by atoms with E-state index in [9.17, 15) is 18.5 Å². The molecule has 0 amide bonds. The highest BCUT2D eigenvalue weighted by molar-refractivity contribution is 7.92. The molecule has 2 unspecified atom stereocenters. The highest BCUT2D eigenvalue weighted by Gasteiger charge is 2.31. The summed E-state index contributed by atoms with van der Waals surface area (Å²) in [5.74, 6) is 0.226. The van der Waals surface area contributed by atoms with Crippen molar-refractivity contribution in [3.63, 3.8) is 0 Å². The summed E-state index contributed by atoms with van der Waals surface area (Å²) in [5.41, 5.74) is 1.03. The molecule has 3 aromatic rings. The Hall–Kier alpha value is -3.12. The lowest BCUT2D eigenvalue weighted by Crippen LogP contribution is -2.27. The molecule has 0 aliphatic heterocycles. The summed E-state index contributed by atoms with van der Waals surface area (Å²) in [5, 5.41) is 18.1. The topological polar surface area (TPSA) is 121 Å². The van der Waals surface area contributed by atoms with Gasteiger partial charge in [0.05, 0.1) is 33.2 Å². The predicted octanol–water partition coefficient (Wildman–Crippen LogP) is 4.69. The number of aromatic nitrogens is 3. The Morgan fingerprint density at radius 3 is 2.48 bits per heavy atom. The van der Waals surface area contributed by atoms with Crippen LogP contribution in [0.15, 0.2) is 46.2 Å². The van der Waals surface area contributed by atoms with Crippen LogP contribution in [0.3, 0.4) is 0 Å². The first-order chi connectivity index (χ1) is 15.6. The van der Waals surface area contributed by atoms with E-state index in [1.54, 1.807) is 51.2 Å². The molecule has 1 aromatic carbocycles. The smallest absolute Gasteiger partial charge is 0.261 e. The molecule has 0 radical (unpaired) electrons. The molecule has 0 saturated heterocycles. The van der Waals surface area contributed by atoms with Gasteiger partial charge in [-0.1, -0.05) is 19.3 Å². The Balaban J connectivity index is 1.74. The predicted molar refractivity (Wildman–Crippen MR) is 128 cm³/mol. The Morgan fingerprint density at radius 1 is 1.12 bits per heavy atom. The van der Waals surface area contributed by atoms with Gasteiger partial charge in [0, 0.05) is 11.9 Å². The first-order valence-corrected chi connectivity index (χ1v) is 12.7. The third-order valence-electron chi connectivity index (χ3n) is 6.32. The van der Waals surface area contributed by atoms with E-state index in [4.69, 9.17) is 5.10 Å². The van der Waals surface area contributed by atoms with Crippen molar-refractivity contribution in [1.29, 1.82) is 5.26 Å². The van der Waals surface area contributed by atoms with Crippen LogP contribution in [0.2, 0.25) is 0 Å². The molecule has 1 fully saturated rings. The molecule has 0 bridgehead atoms. The third kappa shape index (κ3) is 4.27. The summed E-state index contributed by atoms with van der Waals surface area (Å²) in [7, 11) is -3.46. The molecular weight excluding hydrogens is 438 g/mol. The zero-order valence-corrected chi connectivity index (χ0v) is 19.9. The molecule has 174 valence electrons. The number of rotatable bonds is 4. The summed E-state index contributed by atoms with van der Waals surface area (Å²) in [6.07, 6.45) is 6.36. The van der Waals surface area contributed by atoms with E-state index >= 15 is 0 Å². The average Bonchev–Trinajstić information content (AvgIpc) is 2.97. The van der Waals surface area contributed by atoms with Gasteiger partial charge < -0.3 is 10.3 Å². The minimum absolute atomic E-state index is 0.100. The molecular formula is C24H29N5O3S. The number of pyridine rings is 1. The molecule has 2 aromatic heterocycles. The number of nitriles is 1. The van der Waals surface area contributed by atoms with E-state index in [2.05, 4.69) is 16.4 Å². The number of hydrogen-bond donors (Lipinski definition) is 2. The number of aromatic amines is 1. The van der Waals surface area contributed by atoms with Crippen molar-refractivity contribution in [2.45, 2.75) is 68.6 Å². The van der Waals surface area contributed by atoms with Gasteiger partial charge in [0.1, 0.15) is 5.39 Å². The van der Waals surface area contributed by atoms with Crippen LogP contribution in [-0.2, 0) is 9.84 Å². The van der Waals surface area contributed by atoms with Crippen LogP contribution in [0.4, 0.5) is 11.5 Å². The van der Waals surface area contributed by atoms with Crippen LogP contribution in [0.25, 0.3) is 10.9 Å². The second kappa shape index (κ2) is 8.67. The number of H-pyrrole nitrogens is 1. The zero-order chi connectivity index (χ0) is 23.8. The third-order valence-corrected chi connectivity index (χ3v) is 8.83. The maximum Gasteiger partial charge on any atom is 0.261 e. The van der Waals surface area contributed by atoms with Crippen molar-refractivity contribution in [1.82, 2.24) is 14.8 Å². The molecule has 2 heterocycles. The molecule has 33 heavy (non-hydrogen) atoms. The first-order valence-electron chi connectivity index (χ1n) is 11.2. The van der Waals surface area contributed by atoms with E-state index in [0.717, 1.165) is 32.1 Å². The zero-order valence-electron chi connectivity index (χ0n) is 19.1. The molecule has 1 aliphatic rings. The van der Waals surface area contributed by atoms with E-state index in [0.29, 0.717) is 22.4 Å². The molecule has 0 spiro atoms. The molecule has 2 N–H and O–H groups in total. The van der Waals surface area contributed by atoms with Crippen molar-refractivity contribution in [3.8, 4) is 6.07 Å². The quantitative estimate of drug-likeness (QED) is 0.537. The lowest BCUT2D eigenvalue weighted by atomic mass is 9.96. The fourth-order valence-electron chi connectivity index (χ4n) is 4.38. The second-order valence-electron chi connectivity index (χ2n) is 9.57. The maximum atomic E-state index is 12.7. The average molecular weight is 468 g/mol. The Bertz CT molecular complexity index is 1360. The lowest BCUT2D eigenvalue weighted by molar-refractivity contribution is 0.353. The standard InChI is InChI=1S/C24H29N5O3S/c1-24(2,3)33(31,32)18-11-9-17(10-12-18)27-22-21-20(13-14-26-23(21)30)29(28-22)19-8-6-4-5-7-16(19)15-25/h9-14,16,19H,4-8H2,1-3H3,(H,26,30)(H,27,28). The van der Waals surface area contributed by atoms with Gasteiger partial charge in [-0.2, -0.15) is 10.4 Å². The molecule has 9 heteroatoms. The van der Waals surface area contributed by atoms with Gasteiger partial charge in [-0.25, -0.2) is 8.42 Å². The minimum atomic E-state index is -3.46. The number of anilines is 2. The lowest BCUT2D eigenvalue weighted by Gasteiger charge is -2.20. The van der Waals surface area contributed by atoms with Gasteiger partial charge in [0.15, 0.2) is 15.7 Å². The Labute approximate surface area is 193 Å². The summed E-state index contributed by atoms with van der Waals surface area (Å²) in [6.45, 7) is 5.00. The van der Waals surface area contributed by atoms with Gasteiger partial charge >= 0.3 is 0 Å². The number of benzene rings is 1. The van der Waals surface area contributed by atoms with Gasteiger partial charge in [0.25, 0.3) is 5.56 Å². The highest BCUT2D eigenvalue weighted by Crippen LogP contribution is 2.36. The van der Waals surface area contributed by atoms with Crippen LogP contribution in [-0.4, -0.2) is 27.9 Å². The van der Waals surface area contributed by atoms with Gasteiger partial charge in [-0.15, -0.1) is 0 Å². The minimum Gasteiger partial charge on any atom is -0.338 e. The summed E-state index contributed by atoms with van der Waals surface area (Å²) in [4.78, 5) is 15.7. The largest absolute Gasteiger partial charge is 0.338 e. The van der Waals surface area contributed by atoms with Crippen molar-refractivity contribution >= 4 is 32.2 Å². The first kappa shape index (κ1) is 23.1. The molecule has 8 nitrogen and oxygen atoms in total. The SMILES string of the molecule is CC(C)(C)S(=O)(=O)c1ccc(Nc2nn(C3CCCCCC3C#N)c3cc[nH]c(=O)c23)cc1. The molecule has 1 aliphatic carbocycles. The van der Waals surface area contributed by atoms with E-state index in [1.165, 1.54) is 0 Å². The normalized spacial score (nSPS) is 19.7. The fraction of sp³-hybridized carbons (Fsp3) is 0.458. The number of sulfone groups is 1. The van der Waals surface area contributed by atoms with E-state index < -0.39 is 14.6 Å². The number of nitrogens with one attached hydrogen (secondary N) is 2. The summed E-state index contributed by atoms with van der Waals surface area (Å²) in [6, 6.07) is 10.6. The van der Waals surface area contributed by atoms with Crippen molar-refractivity contribution in [3.05, 3.63) is 46.9 Å². The highest BCUT2D eigenvalue weighted by atomic mass is 32.2. The fourth-order valence-corrected chi connectivity index (χ4v) is 5.58. The Morgan fingerprint density at radius 2 is 1.82 bits per heavy atom. The van der Waals surface area contributed by atoms with Gasteiger partial charge in [-0.05, 0) is 63.9 Å². The number of hydrogen-bond acceptors (Lipinski definition) is 6. The second-order valence-corrected chi connectivity index (χ2v) is 12.3. The molecule has 4 rings (SSSR count). The van der Waals surface area contributed by atoms with Crippen molar-refractivity contribution in [2.24, 2.45) is 5.92 Å². The maximum absolute atomic E-state index is 12.7. The van der Waals surface area contributed by atoms with Gasteiger partial charge in [-0.3, -0.25) is 9.48 Å². The summed E-state index contributed by atoms with van der Waals surface area (Å²) < 4.78 is 26.3. The monoisotopic (exact) mass is 467 g/mol. The van der Waals surface area contributed by atoms with Crippen LogP contribution < -0.4 is 10.9 Å². The van der Waals surface area contributed by atoms with Crippen molar-refractivity contribution < 1.29 is 8.42 Å². The van der Waals surface area contributed by atoms with Crippen LogP contribution in [0.5, 0.6) is 0 Å². The number of nitrogens with zero attached hydrogens (tertiary/aromatic N) is 3. The number of fused-ring (bicyclic) bond motifs is 1.